The summed E-state index contributed by atoms with van der Waals surface area (Å²) in [5.41, 5.74) is 0.768. The molecule has 0 saturated heterocycles. The zero-order valence-electron chi connectivity index (χ0n) is 16.5. The van der Waals surface area contributed by atoms with Crippen molar-refractivity contribution in [3.63, 3.8) is 0 Å². The zero-order chi connectivity index (χ0) is 20.3. The SMILES string of the molecule is O=C(Cn1cc(NC(=O)C2(c3ccc(F)cc3)CCCC2)cn1)NC1CCCC1. The maximum atomic E-state index is 13.3. The molecule has 2 fully saturated rings. The van der Waals surface area contributed by atoms with Gasteiger partial charge in [0.1, 0.15) is 12.4 Å². The Morgan fingerprint density at radius 2 is 1.79 bits per heavy atom. The largest absolute Gasteiger partial charge is 0.352 e. The lowest BCUT2D eigenvalue weighted by molar-refractivity contribution is -0.122. The van der Waals surface area contributed by atoms with E-state index in [0.717, 1.165) is 44.1 Å². The average Bonchev–Trinajstić information content (AvgIpc) is 3.45. The topological polar surface area (TPSA) is 76.0 Å². The summed E-state index contributed by atoms with van der Waals surface area (Å²) < 4.78 is 14.9. The number of benzene rings is 1. The summed E-state index contributed by atoms with van der Waals surface area (Å²) in [6.07, 6.45) is 11.1. The van der Waals surface area contributed by atoms with Gasteiger partial charge in [-0.15, -0.1) is 0 Å². The number of nitrogens with one attached hydrogen (secondary N) is 2. The molecule has 6 nitrogen and oxygen atoms in total. The van der Waals surface area contributed by atoms with Gasteiger partial charge in [0.15, 0.2) is 0 Å². The number of carbonyl (C=O) groups is 2. The Hall–Kier alpha value is -2.70. The van der Waals surface area contributed by atoms with E-state index < -0.39 is 5.41 Å². The van der Waals surface area contributed by atoms with Gasteiger partial charge in [-0.05, 0) is 43.4 Å². The van der Waals surface area contributed by atoms with Gasteiger partial charge >= 0.3 is 0 Å². The van der Waals surface area contributed by atoms with Crippen molar-refractivity contribution in [2.45, 2.75) is 69.4 Å². The number of carbonyl (C=O) groups excluding carboxylic acids is 2. The van der Waals surface area contributed by atoms with Crippen LogP contribution in [0.2, 0.25) is 0 Å². The van der Waals surface area contributed by atoms with Crippen LogP contribution in [-0.2, 0) is 21.5 Å². The van der Waals surface area contributed by atoms with E-state index in [1.165, 1.54) is 25.0 Å². The molecule has 1 aromatic heterocycles. The van der Waals surface area contributed by atoms with Gasteiger partial charge in [0.25, 0.3) is 0 Å². The monoisotopic (exact) mass is 398 g/mol. The van der Waals surface area contributed by atoms with Gasteiger partial charge in [0, 0.05) is 12.2 Å². The van der Waals surface area contributed by atoms with Crippen LogP contribution in [0.4, 0.5) is 10.1 Å². The number of halogens is 1. The molecule has 0 bridgehead atoms. The number of aromatic nitrogens is 2. The molecule has 0 radical (unpaired) electrons. The molecule has 154 valence electrons. The molecular formula is C22H27FN4O2. The van der Waals surface area contributed by atoms with E-state index in [1.54, 1.807) is 29.2 Å². The van der Waals surface area contributed by atoms with Crippen LogP contribution in [-0.4, -0.2) is 27.6 Å². The summed E-state index contributed by atoms with van der Waals surface area (Å²) in [7, 11) is 0. The maximum Gasteiger partial charge on any atom is 0.241 e. The van der Waals surface area contributed by atoms with Crippen molar-refractivity contribution in [2.24, 2.45) is 0 Å². The van der Waals surface area contributed by atoms with E-state index in [9.17, 15) is 14.0 Å². The van der Waals surface area contributed by atoms with E-state index in [4.69, 9.17) is 0 Å². The second kappa shape index (κ2) is 8.35. The fourth-order valence-electron chi connectivity index (χ4n) is 4.65. The van der Waals surface area contributed by atoms with Crippen LogP contribution in [0.1, 0.15) is 56.9 Å². The van der Waals surface area contributed by atoms with Gasteiger partial charge < -0.3 is 10.6 Å². The minimum absolute atomic E-state index is 0.0588. The highest BCUT2D eigenvalue weighted by Gasteiger charge is 2.42. The number of nitrogens with zero attached hydrogens (tertiary/aromatic N) is 2. The summed E-state index contributed by atoms with van der Waals surface area (Å²) in [6, 6.07) is 6.50. The Balaban J connectivity index is 1.41. The van der Waals surface area contributed by atoms with Crippen molar-refractivity contribution in [3.05, 3.63) is 48.0 Å². The maximum absolute atomic E-state index is 13.3. The molecule has 1 aromatic carbocycles. The van der Waals surface area contributed by atoms with E-state index in [2.05, 4.69) is 15.7 Å². The van der Waals surface area contributed by atoms with Gasteiger partial charge in [-0.25, -0.2) is 4.39 Å². The molecule has 2 aliphatic rings. The first-order valence-electron chi connectivity index (χ1n) is 10.4. The number of hydrogen-bond donors (Lipinski definition) is 2. The highest BCUT2D eigenvalue weighted by Crippen LogP contribution is 2.42. The van der Waals surface area contributed by atoms with Crippen LogP contribution in [0.5, 0.6) is 0 Å². The van der Waals surface area contributed by atoms with Gasteiger partial charge in [-0.1, -0.05) is 37.8 Å². The number of rotatable bonds is 6. The third kappa shape index (κ3) is 4.33. The first kappa shape index (κ1) is 19.6. The molecule has 2 amide bonds. The second-order valence-corrected chi connectivity index (χ2v) is 8.23. The van der Waals surface area contributed by atoms with Crippen LogP contribution in [0.15, 0.2) is 36.7 Å². The summed E-state index contributed by atoms with van der Waals surface area (Å²) in [4.78, 5) is 25.3. The predicted molar refractivity (Wildman–Crippen MR) is 108 cm³/mol. The molecule has 2 N–H and O–H groups in total. The first-order valence-corrected chi connectivity index (χ1v) is 10.4. The molecule has 0 unspecified atom stereocenters. The Labute approximate surface area is 169 Å². The normalized spacial score (nSPS) is 18.7. The number of amides is 2. The molecule has 29 heavy (non-hydrogen) atoms. The first-order chi connectivity index (χ1) is 14.0. The Morgan fingerprint density at radius 1 is 1.10 bits per heavy atom. The third-order valence-electron chi connectivity index (χ3n) is 6.21. The smallest absolute Gasteiger partial charge is 0.241 e. The zero-order valence-corrected chi connectivity index (χ0v) is 16.5. The van der Waals surface area contributed by atoms with Gasteiger partial charge in [-0.2, -0.15) is 5.10 Å². The van der Waals surface area contributed by atoms with Crippen molar-refractivity contribution < 1.29 is 14.0 Å². The highest BCUT2D eigenvalue weighted by molar-refractivity contribution is 5.99. The predicted octanol–water partition coefficient (Wildman–Crippen LogP) is 3.53. The van der Waals surface area contributed by atoms with E-state index >= 15 is 0 Å². The molecule has 0 aliphatic heterocycles. The molecular weight excluding hydrogens is 371 g/mol. The number of anilines is 1. The Morgan fingerprint density at radius 3 is 2.48 bits per heavy atom. The highest BCUT2D eigenvalue weighted by atomic mass is 19.1. The Bertz CT molecular complexity index is 865. The van der Waals surface area contributed by atoms with Crippen LogP contribution >= 0.6 is 0 Å². The van der Waals surface area contributed by atoms with Crippen LogP contribution in [0.3, 0.4) is 0 Å². The van der Waals surface area contributed by atoms with E-state index in [-0.39, 0.29) is 30.2 Å². The fourth-order valence-corrected chi connectivity index (χ4v) is 4.65. The molecule has 2 aromatic rings. The van der Waals surface area contributed by atoms with Crippen LogP contribution < -0.4 is 10.6 Å². The van der Waals surface area contributed by atoms with E-state index in [0.29, 0.717) is 5.69 Å². The quantitative estimate of drug-likeness (QED) is 0.782. The lowest BCUT2D eigenvalue weighted by Crippen LogP contribution is -2.38. The molecule has 4 rings (SSSR count). The summed E-state index contributed by atoms with van der Waals surface area (Å²) in [5, 5.41) is 10.2. The van der Waals surface area contributed by atoms with Crippen molar-refractivity contribution in [2.75, 3.05) is 5.32 Å². The molecule has 1 heterocycles. The Kier molecular flexibility index (Phi) is 5.65. The van der Waals surface area contributed by atoms with Crippen LogP contribution in [0.25, 0.3) is 0 Å². The average molecular weight is 398 g/mol. The van der Waals surface area contributed by atoms with Gasteiger partial charge in [-0.3, -0.25) is 14.3 Å². The van der Waals surface area contributed by atoms with Gasteiger partial charge in [0.05, 0.1) is 17.3 Å². The standard InChI is InChI=1S/C22H27FN4O2/c23-17-9-7-16(8-10-17)22(11-3-4-12-22)21(29)26-19-13-24-27(14-19)15-20(28)25-18-5-1-2-6-18/h7-10,13-14,18H,1-6,11-12,15H2,(H,25,28)(H,26,29). The summed E-state index contributed by atoms with van der Waals surface area (Å²) in [6.45, 7) is 0.134. The molecule has 2 aliphatic carbocycles. The minimum atomic E-state index is -0.643. The molecule has 7 heteroatoms. The number of hydrogen-bond acceptors (Lipinski definition) is 3. The summed E-state index contributed by atoms with van der Waals surface area (Å²) >= 11 is 0. The fraction of sp³-hybridized carbons (Fsp3) is 0.500. The third-order valence-corrected chi connectivity index (χ3v) is 6.21. The van der Waals surface area contributed by atoms with Crippen molar-refractivity contribution >= 4 is 17.5 Å². The van der Waals surface area contributed by atoms with Gasteiger partial charge in [0.2, 0.25) is 11.8 Å². The lowest BCUT2D eigenvalue weighted by Gasteiger charge is -2.28. The second-order valence-electron chi connectivity index (χ2n) is 8.23. The lowest BCUT2D eigenvalue weighted by atomic mass is 9.78. The molecule has 2 saturated carbocycles. The van der Waals surface area contributed by atoms with Crippen molar-refractivity contribution in [3.8, 4) is 0 Å². The van der Waals surface area contributed by atoms with Crippen molar-refractivity contribution in [1.82, 2.24) is 15.1 Å². The summed E-state index contributed by atoms with van der Waals surface area (Å²) in [5.74, 6) is -0.465. The van der Waals surface area contributed by atoms with E-state index in [1.807, 2.05) is 0 Å². The van der Waals surface area contributed by atoms with Crippen molar-refractivity contribution in [1.29, 1.82) is 0 Å². The molecule has 0 atom stereocenters. The minimum Gasteiger partial charge on any atom is -0.352 e. The van der Waals surface area contributed by atoms with Crippen LogP contribution in [0, 0.1) is 5.82 Å². The molecule has 0 spiro atoms.